The van der Waals surface area contributed by atoms with Crippen LogP contribution in [0.1, 0.15) is 18.4 Å². The smallest absolute Gasteiger partial charge is 0.322 e. The molecule has 2 rings (SSSR count). The molecule has 4 amide bonds. The van der Waals surface area contributed by atoms with Gasteiger partial charge in [0.1, 0.15) is 6.04 Å². The molecule has 6 nitrogen and oxygen atoms in total. The van der Waals surface area contributed by atoms with Crippen molar-refractivity contribution in [2.24, 2.45) is 0 Å². The van der Waals surface area contributed by atoms with Crippen LogP contribution in [0.2, 0.25) is 5.02 Å². The molecule has 1 atom stereocenters. The van der Waals surface area contributed by atoms with Crippen molar-refractivity contribution in [3.8, 4) is 0 Å². The quantitative estimate of drug-likeness (QED) is 0.685. The fourth-order valence-corrected chi connectivity index (χ4v) is 2.15. The maximum atomic E-state index is 11.7. The van der Waals surface area contributed by atoms with Crippen molar-refractivity contribution >= 4 is 29.4 Å². The lowest BCUT2D eigenvalue weighted by Gasteiger charge is -2.08. The third-order valence-corrected chi connectivity index (χ3v) is 3.42. The van der Waals surface area contributed by atoms with Gasteiger partial charge in [-0.2, -0.15) is 0 Å². The van der Waals surface area contributed by atoms with Crippen molar-refractivity contribution in [3.63, 3.8) is 0 Å². The SMILES string of the molecule is O=C(CC[C@H]1NC(=O)NC1=O)NCCc1ccc(Cl)cc1. The minimum Gasteiger partial charge on any atom is -0.356 e. The fraction of sp³-hybridized carbons (Fsp3) is 0.357. The molecule has 0 aromatic heterocycles. The summed E-state index contributed by atoms with van der Waals surface area (Å²) < 4.78 is 0. The Bertz CT molecular complexity index is 545. The predicted molar refractivity (Wildman–Crippen MR) is 77.9 cm³/mol. The first-order valence-corrected chi connectivity index (χ1v) is 7.05. The van der Waals surface area contributed by atoms with Crippen LogP contribution in [0.25, 0.3) is 0 Å². The highest BCUT2D eigenvalue weighted by Crippen LogP contribution is 2.09. The number of benzene rings is 1. The fourth-order valence-electron chi connectivity index (χ4n) is 2.02. The standard InChI is InChI=1S/C14H16ClN3O3/c15-10-3-1-9(2-4-10)7-8-16-12(19)6-5-11-13(20)18-14(21)17-11/h1-4,11H,5-8H2,(H,16,19)(H2,17,18,20,21)/t11-/m1/s1. The second-order valence-electron chi connectivity index (χ2n) is 4.78. The molecule has 1 saturated heterocycles. The third kappa shape index (κ3) is 4.75. The molecule has 0 bridgehead atoms. The lowest BCUT2D eigenvalue weighted by molar-refractivity contribution is -0.122. The predicted octanol–water partition coefficient (Wildman–Crippen LogP) is 0.987. The Morgan fingerprint density at radius 2 is 1.95 bits per heavy atom. The number of hydrogen-bond donors (Lipinski definition) is 3. The average Bonchev–Trinajstić information content (AvgIpc) is 2.77. The number of urea groups is 1. The Kier molecular flexibility index (Phi) is 5.16. The van der Waals surface area contributed by atoms with Crippen LogP contribution in [0, 0.1) is 0 Å². The highest BCUT2D eigenvalue weighted by Gasteiger charge is 2.29. The lowest BCUT2D eigenvalue weighted by atomic mass is 10.1. The Balaban J connectivity index is 1.65. The zero-order chi connectivity index (χ0) is 15.2. The van der Waals surface area contributed by atoms with Crippen molar-refractivity contribution in [2.45, 2.75) is 25.3 Å². The Morgan fingerprint density at radius 3 is 2.57 bits per heavy atom. The normalized spacial score (nSPS) is 17.3. The van der Waals surface area contributed by atoms with Crippen LogP contribution in [0.5, 0.6) is 0 Å². The van der Waals surface area contributed by atoms with Crippen LogP contribution in [-0.4, -0.2) is 30.4 Å². The molecule has 1 fully saturated rings. The van der Waals surface area contributed by atoms with E-state index >= 15 is 0 Å². The second-order valence-corrected chi connectivity index (χ2v) is 5.22. The van der Waals surface area contributed by atoms with Gasteiger partial charge in [-0.25, -0.2) is 4.79 Å². The van der Waals surface area contributed by atoms with Gasteiger partial charge < -0.3 is 10.6 Å². The Labute approximate surface area is 127 Å². The number of carbonyl (C=O) groups is 3. The number of nitrogens with one attached hydrogen (secondary N) is 3. The molecule has 1 aliphatic rings. The highest BCUT2D eigenvalue weighted by atomic mass is 35.5. The van der Waals surface area contributed by atoms with Crippen LogP contribution in [0.4, 0.5) is 4.79 Å². The molecule has 0 spiro atoms. The Hall–Kier alpha value is -2.08. The summed E-state index contributed by atoms with van der Waals surface area (Å²) in [6.45, 7) is 0.518. The van der Waals surface area contributed by atoms with Gasteiger partial charge in [-0.05, 0) is 30.5 Å². The molecular formula is C14H16ClN3O3. The maximum Gasteiger partial charge on any atom is 0.322 e. The average molecular weight is 310 g/mol. The van der Waals surface area contributed by atoms with E-state index in [1.165, 1.54) is 0 Å². The number of rotatable bonds is 6. The summed E-state index contributed by atoms with van der Waals surface area (Å²) in [4.78, 5) is 33.9. The molecule has 1 heterocycles. The zero-order valence-electron chi connectivity index (χ0n) is 11.3. The number of amides is 4. The molecule has 112 valence electrons. The molecule has 0 saturated carbocycles. The molecule has 0 aliphatic carbocycles. The van der Waals surface area contributed by atoms with E-state index in [-0.39, 0.29) is 18.2 Å². The van der Waals surface area contributed by atoms with E-state index in [9.17, 15) is 14.4 Å². The minimum atomic E-state index is -0.612. The van der Waals surface area contributed by atoms with Gasteiger partial charge in [0.15, 0.2) is 0 Å². The molecule has 0 radical (unpaired) electrons. The van der Waals surface area contributed by atoms with Crippen molar-refractivity contribution in [1.82, 2.24) is 16.0 Å². The summed E-state index contributed by atoms with van der Waals surface area (Å²) in [7, 11) is 0. The van der Waals surface area contributed by atoms with E-state index in [0.717, 1.165) is 5.56 Å². The van der Waals surface area contributed by atoms with Crippen molar-refractivity contribution < 1.29 is 14.4 Å². The molecule has 1 aliphatic heterocycles. The highest BCUT2D eigenvalue weighted by molar-refractivity contribution is 6.30. The molecule has 1 aromatic carbocycles. The van der Waals surface area contributed by atoms with E-state index in [0.29, 0.717) is 24.4 Å². The van der Waals surface area contributed by atoms with E-state index in [1.807, 2.05) is 12.1 Å². The topological polar surface area (TPSA) is 87.3 Å². The zero-order valence-corrected chi connectivity index (χ0v) is 12.1. The molecule has 21 heavy (non-hydrogen) atoms. The van der Waals surface area contributed by atoms with Crippen molar-refractivity contribution in [1.29, 1.82) is 0 Å². The van der Waals surface area contributed by atoms with Crippen molar-refractivity contribution in [3.05, 3.63) is 34.9 Å². The molecule has 1 aromatic rings. The van der Waals surface area contributed by atoms with Crippen LogP contribution >= 0.6 is 11.6 Å². The lowest BCUT2D eigenvalue weighted by Crippen LogP contribution is -2.32. The van der Waals surface area contributed by atoms with Gasteiger partial charge in [0.2, 0.25) is 5.91 Å². The summed E-state index contributed by atoms with van der Waals surface area (Å²) in [6, 6.07) is 6.31. The maximum absolute atomic E-state index is 11.7. The first kappa shape index (κ1) is 15.3. The van der Waals surface area contributed by atoms with Crippen LogP contribution in [0.15, 0.2) is 24.3 Å². The molecule has 3 N–H and O–H groups in total. The van der Waals surface area contributed by atoms with Gasteiger partial charge in [0.25, 0.3) is 5.91 Å². The van der Waals surface area contributed by atoms with Gasteiger partial charge in [0, 0.05) is 18.0 Å². The Morgan fingerprint density at radius 1 is 1.24 bits per heavy atom. The molecule has 7 heteroatoms. The summed E-state index contributed by atoms with van der Waals surface area (Å²) in [5, 5.41) is 8.04. The summed E-state index contributed by atoms with van der Waals surface area (Å²) in [5.41, 5.74) is 1.09. The molecular weight excluding hydrogens is 294 g/mol. The van der Waals surface area contributed by atoms with Crippen LogP contribution in [-0.2, 0) is 16.0 Å². The molecule has 0 unspecified atom stereocenters. The first-order chi connectivity index (χ1) is 10.0. The monoisotopic (exact) mass is 309 g/mol. The largest absolute Gasteiger partial charge is 0.356 e. The van der Waals surface area contributed by atoms with E-state index in [4.69, 9.17) is 11.6 Å². The van der Waals surface area contributed by atoms with Gasteiger partial charge in [0.05, 0.1) is 0 Å². The summed E-state index contributed by atoms with van der Waals surface area (Å²) >= 11 is 5.79. The summed E-state index contributed by atoms with van der Waals surface area (Å²) in [6.07, 6.45) is 1.20. The van der Waals surface area contributed by atoms with Crippen molar-refractivity contribution in [2.75, 3.05) is 6.54 Å². The van der Waals surface area contributed by atoms with E-state index in [1.54, 1.807) is 12.1 Å². The van der Waals surface area contributed by atoms with E-state index in [2.05, 4.69) is 16.0 Å². The van der Waals surface area contributed by atoms with Crippen LogP contribution in [0.3, 0.4) is 0 Å². The number of imide groups is 1. The first-order valence-electron chi connectivity index (χ1n) is 6.67. The third-order valence-electron chi connectivity index (χ3n) is 3.17. The van der Waals surface area contributed by atoms with Crippen LogP contribution < -0.4 is 16.0 Å². The number of hydrogen-bond acceptors (Lipinski definition) is 3. The van der Waals surface area contributed by atoms with Gasteiger partial charge >= 0.3 is 6.03 Å². The second kappa shape index (κ2) is 7.08. The van der Waals surface area contributed by atoms with Gasteiger partial charge in [-0.1, -0.05) is 23.7 Å². The van der Waals surface area contributed by atoms with Gasteiger partial charge in [-0.15, -0.1) is 0 Å². The summed E-state index contributed by atoms with van der Waals surface area (Å²) in [5.74, 6) is -0.521. The number of carbonyl (C=O) groups excluding carboxylic acids is 3. The minimum absolute atomic E-state index is 0.141. The van der Waals surface area contributed by atoms with Gasteiger partial charge in [-0.3, -0.25) is 14.9 Å². The van der Waals surface area contributed by atoms with E-state index < -0.39 is 12.1 Å². The number of halogens is 1.